The number of carbonyl (C=O) groups excluding carboxylic acids is 1. The van der Waals surface area contributed by atoms with Gasteiger partial charge in [-0.3, -0.25) is 9.59 Å². The normalized spacial score (nSPS) is 10.4. The summed E-state index contributed by atoms with van der Waals surface area (Å²) < 4.78 is 22.3. The first-order chi connectivity index (χ1) is 15.5. The van der Waals surface area contributed by atoms with Gasteiger partial charge in [0.2, 0.25) is 11.7 Å². The Morgan fingerprint density at radius 3 is 2.16 bits per heavy atom. The first kappa shape index (κ1) is 23.0. The second-order valence-corrected chi connectivity index (χ2v) is 7.37. The number of thioether (sulfide) groups is 1. The van der Waals surface area contributed by atoms with Gasteiger partial charge in [0, 0.05) is 23.9 Å². The molecule has 0 unspecified atom stereocenters. The molecule has 0 radical (unpaired) electrons. The Hall–Kier alpha value is -3.66. The number of nitrogens with zero attached hydrogens (tertiary/aromatic N) is 2. The van der Waals surface area contributed by atoms with Gasteiger partial charge in [0.25, 0.3) is 5.56 Å². The minimum atomic E-state index is -0.276. The van der Waals surface area contributed by atoms with Crippen LogP contribution in [-0.4, -0.2) is 49.9 Å². The van der Waals surface area contributed by atoms with E-state index in [1.807, 2.05) is 0 Å². The van der Waals surface area contributed by atoms with E-state index >= 15 is 0 Å². The summed E-state index contributed by atoms with van der Waals surface area (Å²) in [5.41, 5.74) is 0.822. The molecule has 0 atom stereocenters. The third kappa shape index (κ3) is 5.33. The fourth-order valence-electron chi connectivity index (χ4n) is 2.87. The van der Waals surface area contributed by atoms with E-state index < -0.39 is 0 Å². The highest BCUT2D eigenvalue weighted by molar-refractivity contribution is 7.99. The summed E-state index contributed by atoms with van der Waals surface area (Å²) in [6.45, 7) is 0. The number of nitrogens with one attached hydrogen (secondary N) is 1. The molecule has 10 heteroatoms. The van der Waals surface area contributed by atoms with Crippen molar-refractivity contribution in [3.05, 3.63) is 58.9 Å². The van der Waals surface area contributed by atoms with Crippen LogP contribution in [-0.2, 0) is 4.79 Å². The van der Waals surface area contributed by atoms with Crippen LogP contribution in [0.25, 0.3) is 5.69 Å². The Kier molecular flexibility index (Phi) is 7.61. The lowest BCUT2D eigenvalue weighted by molar-refractivity contribution is -0.113. The van der Waals surface area contributed by atoms with Crippen LogP contribution in [0.1, 0.15) is 0 Å². The Morgan fingerprint density at radius 2 is 1.59 bits per heavy atom. The quantitative estimate of drug-likeness (QED) is 0.490. The minimum Gasteiger partial charge on any atom is -0.497 e. The predicted octanol–water partition coefficient (Wildman–Crippen LogP) is 3.00. The van der Waals surface area contributed by atoms with E-state index in [4.69, 9.17) is 18.9 Å². The summed E-state index contributed by atoms with van der Waals surface area (Å²) in [5, 5.41) is 7.67. The largest absolute Gasteiger partial charge is 0.497 e. The van der Waals surface area contributed by atoms with Crippen LogP contribution in [0.4, 0.5) is 5.69 Å². The Morgan fingerprint density at radius 1 is 0.938 bits per heavy atom. The van der Waals surface area contributed by atoms with Crippen LogP contribution in [0.15, 0.2) is 58.4 Å². The SMILES string of the molecule is COc1ccc(-n2nc(SCC(=O)Nc3cc(OC)c(OC)c(OC)c3)ccc2=O)cc1. The van der Waals surface area contributed by atoms with E-state index in [1.165, 1.54) is 43.8 Å². The van der Waals surface area contributed by atoms with Gasteiger partial charge >= 0.3 is 0 Å². The van der Waals surface area contributed by atoms with Gasteiger partial charge in [0.05, 0.1) is 39.9 Å². The maximum atomic E-state index is 12.5. The summed E-state index contributed by atoms with van der Waals surface area (Å²) in [7, 11) is 6.08. The van der Waals surface area contributed by atoms with Crippen molar-refractivity contribution in [2.24, 2.45) is 0 Å². The summed E-state index contributed by atoms with van der Waals surface area (Å²) in [4.78, 5) is 24.7. The number of ether oxygens (including phenoxy) is 4. The lowest BCUT2D eigenvalue weighted by atomic mass is 10.2. The number of anilines is 1. The van der Waals surface area contributed by atoms with E-state index in [1.54, 1.807) is 49.6 Å². The second kappa shape index (κ2) is 10.6. The molecule has 1 heterocycles. The summed E-state index contributed by atoms with van der Waals surface area (Å²) in [5.74, 6) is 1.81. The highest BCUT2D eigenvalue weighted by Crippen LogP contribution is 2.39. The standard InChI is InChI=1S/C22H23N3O6S/c1-28-16-7-5-15(6-8-16)25-21(27)10-9-20(24-25)32-13-19(26)23-14-11-17(29-2)22(31-4)18(12-14)30-3/h5-12H,13H2,1-4H3,(H,23,26). The van der Waals surface area contributed by atoms with Crippen molar-refractivity contribution in [3.8, 4) is 28.7 Å². The number of hydrogen-bond donors (Lipinski definition) is 1. The van der Waals surface area contributed by atoms with Gasteiger partial charge < -0.3 is 24.3 Å². The van der Waals surface area contributed by atoms with E-state index in [0.29, 0.717) is 39.4 Å². The summed E-state index contributed by atoms with van der Waals surface area (Å²) >= 11 is 1.21. The summed E-state index contributed by atoms with van der Waals surface area (Å²) in [6, 6.07) is 13.2. The van der Waals surface area contributed by atoms with Crippen molar-refractivity contribution in [1.82, 2.24) is 9.78 Å². The first-order valence-corrected chi connectivity index (χ1v) is 10.4. The molecule has 32 heavy (non-hydrogen) atoms. The third-order valence-electron chi connectivity index (χ3n) is 4.39. The third-order valence-corrected chi connectivity index (χ3v) is 5.31. The average molecular weight is 458 g/mol. The molecular formula is C22H23N3O6S. The summed E-state index contributed by atoms with van der Waals surface area (Å²) in [6.07, 6.45) is 0. The lowest BCUT2D eigenvalue weighted by Crippen LogP contribution is -2.20. The number of hydrogen-bond acceptors (Lipinski definition) is 8. The van der Waals surface area contributed by atoms with Gasteiger partial charge in [-0.2, -0.15) is 9.78 Å². The number of rotatable bonds is 9. The fraction of sp³-hybridized carbons (Fsp3) is 0.227. The van der Waals surface area contributed by atoms with E-state index in [-0.39, 0.29) is 17.2 Å². The van der Waals surface area contributed by atoms with Crippen LogP contribution in [0, 0.1) is 0 Å². The molecule has 168 valence electrons. The van der Waals surface area contributed by atoms with Crippen molar-refractivity contribution in [3.63, 3.8) is 0 Å². The van der Waals surface area contributed by atoms with Gasteiger partial charge in [0.1, 0.15) is 10.8 Å². The van der Waals surface area contributed by atoms with Crippen molar-refractivity contribution < 1.29 is 23.7 Å². The smallest absolute Gasteiger partial charge is 0.271 e. The minimum absolute atomic E-state index is 0.0878. The maximum absolute atomic E-state index is 12.5. The van der Waals surface area contributed by atoms with Gasteiger partial charge in [-0.15, -0.1) is 0 Å². The fourth-order valence-corrected chi connectivity index (χ4v) is 3.52. The van der Waals surface area contributed by atoms with Crippen LogP contribution >= 0.6 is 11.8 Å². The van der Waals surface area contributed by atoms with Crippen molar-refractivity contribution in [2.75, 3.05) is 39.5 Å². The number of carbonyl (C=O) groups is 1. The monoisotopic (exact) mass is 457 g/mol. The van der Waals surface area contributed by atoms with Gasteiger partial charge in [-0.25, -0.2) is 0 Å². The van der Waals surface area contributed by atoms with Crippen molar-refractivity contribution >= 4 is 23.4 Å². The molecule has 3 aromatic rings. The zero-order valence-corrected chi connectivity index (χ0v) is 18.9. The molecule has 1 aromatic heterocycles. The van der Waals surface area contributed by atoms with Gasteiger partial charge in [0.15, 0.2) is 11.5 Å². The molecule has 0 fully saturated rings. The zero-order chi connectivity index (χ0) is 23.1. The van der Waals surface area contributed by atoms with Crippen molar-refractivity contribution in [2.45, 2.75) is 5.03 Å². The predicted molar refractivity (Wildman–Crippen MR) is 122 cm³/mol. The van der Waals surface area contributed by atoms with Crippen molar-refractivity contribution in [1.29, 1.82) is 0 Å². The van der Waals surface area contributed by atoms with Gasteiger partial charge in [-0.1, -0.05) is 11.8 Å². The molecule has 0 aliphatic rings. The molecule has 0 saturated heterocycles. The molecule has 0 aliphatic heterocycles. The van der Waals surface area contributed by atoms with Crippen LogP contribution in [0.2, 0.25) is 0 Å². The number of amides is 1. The number of benzene rings is 2. The lowest BCUT2D eigenvalue weighted by Gasteiger charge is -2.14. The first-order valence-electron chi connectivity index (χ1n) is 9.46. The van der Waals surface area contributed by atoms with Crippen LogP contribution in [0.3, 0.4) is 0 Å². The molecule has 0 bridgehead atoms. The number of methoxy groups -OCH3 is 4. The highest BCUT2D eigenvalue weighted by Gasteiger charge is 2.15. The molecule has 3 rings (SSSR count). The van der Waals surface area contributed by atoms with Crippen LogP contribution in [0.5, 0.6) is 23.0 Å². The Bertz CT molecular complexity index is 1120. The molecular weight excluding hydrogens is 434 g/mol. The molecule has 0 spiro atoms. The van der Waals surface area contributed by atoms with E-state index in [0.717, 1.165) is 0 Å². The second-order valence-electron chi connectivity index (χ2n) is 6.37. The topological polar surface area (TPSA) is 101 Å². The van der Waals surface area contributed by atoms with Gasteiger partial charge in [-0.05, 0) is 30.3 Å². The molecule has 0 saturated carbocycles. The zero-order valence-electron chi connectivity index (χ0n) is 18.1. The Labute approximate surface area is 189 Å². The van der Waals surface area contributed by atoms with E-state index in [2.05, 4.69) is 10.4 Å². The molecule has 2 aromatic carbocycles. The number of aromatic nitrogens is 2. The highest BCUT2D eigenvalue weighted by atomic mass is 32.2. The average Bonchev–Trinajstić information content (AvgIpc) is 2.82. The molecule has 0 aliphatic carbocycles. The molecule has 1 amide bonds. The molecule has 1 N–H and O–H groups in total. The van der Waals surface area contributed by atoms with Crippen LogP contribution < -0.4 is 29.8 Å². The maximum Gasteiger partial charge on any atom is 0.271 e. The Balaban J connectivity index is 1.70. The molecule has 9 nitrogen and oxygen atoms in total. The van der Waals surface area contributed by atoms with E-state index in [9.17, 15) is 9.59 Å².